The van der Waals surface area contributed by atoms with E-state index >= 15 is 0 Å². The van der Waals surface area contributed by atoms with Crippen molar-refractivity contribution < 1.29 is 9.63 Å². The van der Waals surface area contributed by atoms with Crippen LogP contribution in [0.25, 0.3) is 0 Å². The van der Waals surface area contributed by atoms with Crippen LogP contribution in [0.1, 0.15) is 6.42 Å². The maximum absolute atomic E-state index is 10.8. The summed E-state index contributed by atoms with van der Waals surface area (Å²) in [5.74, 6) is -0.307. The van der Waals surface area contributed by atoms with E-state index in [0.717, 1.165) is 5.71 Å². The zero-order valence-corrected chi connectivity index (χ0v) is 7.28. The minimum absolute atomic E-state index is 0.223. The molecule has 5 heteroatoms. The first-order chi connectivity index (χ1) is 5.65. The molecule has 1 aliphatic rings. The van der Waals surface area contributed by atoms with Crippen LogP contribution < -0.4 is 5.73 Å². The van der Waals surface area contributed by atoms with Crippen molar-refractivity contribution in [3.63, 3.8) is 0 Å². The smallest absolute Gasteiger partial charge is 0.235 e. The fourth-order valence-electron chi connectivity index (χ4n) is 1.35. The fourth-order valence-corrected chi connectivity index (χ4v) is 1.35. The minimum atomic E-state index is -0.307. The van der Waals surface area contributed by atoms with E-state index in [2.05, 4.69) is 9.99 Å². The molecule has 2 N–H and O–H groups in total. The van der Waals surface area contributed by atoms with Crippen molar-refractivity contribution in [3.8, 4) is 0 Å². The lowest BCUT2D eigenvalue weighted by molar-refractivity contribution is -0.121. The highest BCUT2D eigenvalue weighted by Gasteiger charge is 2.30. The Morgan fingerprint density at radius 1 is 1.83 bits per heavy atom. The Morgan fingerprint density at radius 3 is 2.92 bits per heavy atom. The van der Waals surface area contributed by atoms with E-state index in [9.17, 15) is 4.79 Å². The van der Waals surface area contributed by atoms with Gasteiger partial charge in [-0.3, -0.25) is 9.69 Å². The number of amides is 1. The number of primary amides is 1. The quantitative estimate of drug-likeness (QED) is 0.552. The van der Waals surface area contributed by atoms with Gasteiger partial charge in [-0.1, -0.05) is 5.16 Å². The summed E-state index contributed by atoms with van der Waals surface area (Å²) in [7, 11) is 3.33. The standard InChI is InChI=1S/C7H13N3O2/c1-10-4-5(9-12-2)3-6(10)7(8)11/h6H,3-4H2,1-2H3,(H2,8,11). The summed E-state index contributed by atoms with van der Waals surface area (Å²) >= 11 is 0. The van der Waals surface area contributed by atoms with Gasteiger partial charge in [0.25, 0.3) is 0 Å². The molecule has 0 saturated carbocycles. The van der Waals surface area contributed by atoms with E-state index in [1.54, 1.807) is 0 Å². The molecule has 0 aliphatic carbocycles. The Balaban J connectivity index is 2.62. The molecule has 0 spiro atoms. The lowest BCUT2D eigenvalue weighted by atomic mass is 10.2. The second-order valence-corrected chi connectivity index (χ2v) is 2.88. The second-order valence-electron chi connectivity index (χ2n) is 2.88. The van der Waals surface area contributed by atoms with Crippen LogP contribution in [0.5, 0.6) is 0 Å². The van der Waals surface area contributed by atoms with Gasteiger partial charge in [0, 0.05) is 13.0 Å². The van der Waals surface area contributed by atoms with Gasteiger partial charge in [-0.15, -0.1) is 0 Å². The summed E-state index contributed by atoms with van der Waals surface area (Å²) in [6.45, 7) is 0.654. The topological polar surface area (TPSA) is 67.9 Å². The molecular formula is C7H13N3O2. The summed E-state index contributed by atoms with van der Waals surface area (Å²) < 4.78 is 0. The van der Waals surface area contributed by atoms with Crippen molar-refractivity contribution >= 4 is 11.6 Å². The zero-order chi connectivity index (χ0) is 9.14. The van der Waals surface area contributed by atoms with Crippen molar-refractivity contribution in [2.75, 3.05) is 20.7 Å². The van der Waals surface area contributed by atoms with Gasteiger partial charge in [0.15, 0.2) is 0 Å². The Kier molecular flexibility index (Phi) is 2.65. The van der Waals surface area contributed by atoms with E-state index < -0.39 is 0 Å². The SMILES string of the molecule is CON=C1CC(C(N)=O)N(C)C1. The molecular weight excluding hydrogens is 158 g/mol. The molecule has 1 fully saturated rings. The molecule has 1 aliphatic heterocycles. The first-order valence-corrected chi connectivity index (χ1v) is 3.73. The molecule has 0 aromatic heterocycles. The fraction of sp³-hybridized carbons (Fsp3) is 0.714. The van der Waals surface area contributed by atoms with Crippen LogP contribution in [0.2, 0.25) is 0 Å². The average Bonchev–Trinajstić information content (AvgIpc) is 2.32. The van der Waals surface area contributed by atoms with Gasteiger partial charge in [-0.2, -0.15) is 0 Å². The molecule has 1 rings (SSSR count). The van der Waals surface area contributed by atoms with Gasteiger partial charge in [-0.05, 0) is 7.05 Å². The van der Waals surface area contributed by atoms with E-state index in [0.29, 0.717) is 13.0 Å². The minimum Gasteiger partial charge on any atom is -0.399 e. The summed E-state index contributed by atoms with van der Waals surface area (Å²) in [5.41, 5.74) is 6.03. The molecule has 1 heterocycles. The number of nitrogens with two attached hydrogens (primary N) is 1. The van der Waals surface area contributed by atoms with Gasteiger partial charge in [0.1, 0.15) is 7.11 Å². The number of nitrogens with zero attached hydrogens (tertiary/aromatic N) is 2. The van der Waals surface area contributed by atoms with E-state index in [4.69, 9.17) is 5.73 Å². The van der Waals surface area contributed by atoms with E-state index in [1.807, 2.05) is 11.9 Å². The lowest BCUT2D eigenvalue weighted by Gasteiger charge is -2.13. The Morgan fingerprint density at radius 2 is 2.50 bits per heavy atom. The summed E-state index contributed by atoms with van der Waals surface area (Å²) in [6.07, 6.45) is 0.583. The highest BCUT2D eigenvalue weighted by atomic mass is 16.6. The summed E-state index contributed by atoms with van der Waals surface area (Å²) in [4.78, 5) is 17.3. The molecule has 1 saturated heterocycles. The Labute approximate surface area is 71.1 Å². The predicted octanol–water partition coefficient (Wildman–Crippen LogP) is -0.822. The number of rotatable bonds is 2. The van der Waals surface area contributed by atoms with Gasteiger partial charge in [-0.25, -0.2) is 0 Å². The van der Waals surface area contributed by atoms with Crippen LogP contribution in [-0.2, 0) is 9.63 Å². The van der Waals surface area contributed by atoms with Crippen molar-refractivity contribution in [1.29, 1.82) is 0 Å². The highest BCUT2D eigenvalue weighted by Crippen LogP contribution is 2.12. The van der Waals surface area contributed by atoms with Crippen LogP contribution in [0.3, 0.4) is 0 Å². The van der Waals surface area contributed by atoms with Crippen molar-refractivity contribution in [2.24, 2.45) is 10.9 Å². The van der Waals surface area contributed by atoms with Crippen LogP contribution in [0.15, 0.2) is 5.16 Å². The number of oxime groups is 1. The van der Waals surface area contributed by atoms with Crippen LogP contribution >= 0.6 is 0 Å². The largest absolute Gasteiger partial charge is 0.399 e. The van der Waals surface area contributed by atoms with E-state index in [-0.39, 0.29) is 11.9 Å². The van der Waals surface area contributed by atoms with Crippen molar-refractivity contribution in [3.05, 3.63) is 0 Å². The van der Waals surface area contributed by atoms with Gasteiger partial charge >= 0.3 is 0 Å². The van der Waals surface area contributed by atoms with Gasteiger partial charge in [0.05, 0.1) is 11.8 Å². The first-order valence-electron chi connectivity index (χ1n) is 3.73. The Bertz CT molecular complexity index is 215. The third-order valence-corrected chi connectivity index (χ3v) is 1.94. The summed E-state index contributed by atoms with van der Waals surface area (Å²) in [6, 6.07) is -0.223. The van der Waals surface area contributed by atoms with Crippen LogP contribution in [0.4, 0.5) is 0 Å². The van der Waals surface area contributed by atoms with Gasteiger partial charge in [0.2, 0.25) is 5.91 Å². The number of hydrogen-bond donors (Lipinski definition) is 1. The van der Waals surface area contributed by atoms with Crippen LogP contribution in [0, 0.1) is 0 Å². The van der Waals surface area contributed by atoms with Crippen molar-refractivity contribution in [2.45, 2.75) is 12.5 Å². The monoisotopic (exact) mass is 171 g/mol. The molecule has 0 radical (unpaired) electrons. The zero-order valence-electron chi connectivity index (χ0n) is 7.28. The van der Waals surface area contributed by atoms with Gasteiger partial charge < -0.3 is 10.6 Å². The molecule has 1 unspecified atom stereocenters. The molecule has 5 nitrogen and oxygen atoms in total. The number of hydrogen-bond acceptors (Lipinski definition) is 4. The number of likely N-dealkylation sites (tertiary alicyclic amines) is 1. The molecule has 1 amide bonds. The third-order valence-electron chi connectivity index (χ3n) is 1.94. The molecule has 0 aromatic carbocycles. The van der Waals surface area contributed by atoms with Crippen LogP contribution in [-0.4, -0.2) is 43.3 Å². The van der Waals surface area contributed by atoms with Crippen molar-refractivity contribution in [1.82, 2.24) is 4.90 Å². The Hall–Kier alpha value is -1.10. The number of likely N-dealkylation sites (N-methyl/N-ethyl adjacent to an activating group) is 1. The average molecular weight is 171 g/mol. The molecule has 1 atom stereocenters. The van der Waals surface area contributed by atoms with E-state index in [1.165, 1.54) is 7.11 Å². The lowest BCUT2D eigenvalue weighted by Crippen LogP contribution is -2.37. The third kappa shape index (κ3) is 1.73. The molecule has 12 heavy (non-hydrogen) atoms. The number of carbonyl (C=O) groups is 1. The second kappa shape index (κ2) is 3.53. The normalized spacial score (nSPS) is 27.8. The molecule has 68 valence electrons. The molecule has 0 aromatic rings. The first kappa shape index (κ1) is 8.99. The number of carbonyl (C=O) groups excluding carboxylic acids is 1. The molecule has 0 bridgehead atoms. The summed E-state index contributed by atoms with van der Waals surface area (Å²) in [5, 5.41) is 3.77. The highest BCUT2D eigenvalue weighted by molar-refractivity contribution is 5.95. The predicted molar refractivity (Wildman–Crippen MR) is 44.7 cm³/mol. The maximum Gasteiger partial charge on any atom is 0.235 e. The maximum atomic E-state index is 10.8.